The molecule has 0 radical (unpaired) electrons. The zero-order chi connectivity index (χ0) is 15.1. The topological polar surface area (TPSA) is 65.1 Å². The van der Waals surface area contributed by atoms with E-state index in [-0.39, 0.29) is 5.88 Å². The molecule has 1 aliphatic rings. The van der Waals surface area contributed by atoms with Gasteiger partial charge < -0.3 is 10.1 Å². The van der Waals surface area contributed by atoms with Gasteiger partial charge in [-0.3, -0.25) is 0 Å². The van der Waals surface area contributed by atoms with E-state index in [9.17, 15) is 5.11 Å². The quantitative estimate of drug-likeness (QED) is 0.663. The lowest BCUT2D eigenvalue weighted by atomic mass is 10.1. The molecule has 0 aliphatic carbocycles. The predicted octanol–water partition coefficient (Wildman–Crippen LogP) is 3.09. The number of fused-ring (bicyclic) bond motifs is 2. The first-order valence-corrected chi connectivity index (χ1v) is 6.70. The monoisotopic (exact) mass is 286 g/mol. The smallest absolute Gasteiger partial charge is 0.210 e. The molecule has 0 saturated carbocycles. The number of nitrogens with one attached hydrogen (secondary N) is 1. The van der Waals surface area contributed by atoms with Crippen molar-refractivity contribution in [1.29, 1.82) is 0 Å². The molecule has 2 N–H and O–H groups in total. The molecule has 0 bridgehead atoms. The zero-order valence-corrected chi connectivity index (χ0v) is 11.4. The first-order chi connectivity index (χ1) is 10.8. The van der Waals surface area contributed by atoms with Crippen LogP contribution in [-0.4, -0.2) is 10.1 Å². The Morgan fingerprint density at radius 2 is 2.14 bits per heavy atom. The number of aromatic nitrogens is 1. The van der Waals surface area contributed by atoms with Crippen molar-refractivity contribution in [3.8, 4) is 5.88 Å². The highest BCUT2D eigenvalue weighted by Crippen LogP contribution is 2.33. The molecule has 0 unspecified atom stereocenters. The van der Waals surface area contributed by atoms with Crippen LogP contribution in [0.15, 0.2) is 46.6 Å². The van der Waals surface area contributed by atoms with Gasteiger partial charge in [-0.25, -0.2) is 4.85 Å². The molecule has 0 saturated heterocycles. The van der Waals surface area contributed by atoms with Gasteiger partial charge in [-0.2, -0.15) is 10.2 Å². The Hall–Kier alpha value is -3.39. The Bertz CT molecular complexity index is 1100. The SMILES string of the molecule is [C-]#[N+]c1cccc2c(C=c3ccc4c(c3)N=NC=4)c(O)[nH]c12. The lowest BCUT2D eigenvalue weighted by molar-refractivity contribution is 0.457. The summed E-state index contributed by atoms with van der Waals surface area (Å²) in [5.74, 6) is 0.0554. The van der Waals surface area contributed by atoms with Crippen LogP contribution in [0.1, 0.15) is 5.56 Å². The van der Waals surface area contributed by atoms with Crippen LogP contribution in [0.2, 0.25) is 0 Å². The number of rotatable bonds is 1. The van der Waals surface area contributed by atoms with Crippen LogP contribution in [0.3, 0.4) is 0 Å². The normalized spacial score (nSPS) is 13.1. The van der Waals surface area contributed by atoms with Crippen molar-refractivity contribution >= 4 is 34.6 Å². The van der Waals surface area contributed by atoms with Gasteiger partial charge in [0.2, 0.25) is 5.69 Å². The number of para-hydroxylation sites is 1. The first kappa shape index (κ1) is 12.4. The Morgan fingerprint density at radius 1 is 1.23 bits per heavy atom. The van der Waals surface area contributed by atoms with E-state index in [1.54, 1.807) is 12.3 Å². The molecule has 2 heterocycles. The maximum absolute atomic E-state index is 10.2. The average Bonchev–Trinajstić information content (AvgIpc) is 3.12. The molecular formula is C17H10N4O. The van der Waals surface area contributed by atoms with Crippen molar-refractivity contribution in [1.82, 2.24) is 4.98 Å². The molecule has 0 spiro atoms. The second-order valence-electron chi connectivity index (χ2n) is 5.01. The van der Waals surface area contributed by atoms with Crippen LogP contribution < -0.4 is 10.4 Å². The van der Waals surface area contributed by atoms with Crippen molar-refractivity contribution in [2.75, 3.05) is 0 Å². The second-order valence-corrected chi connectivity index (χ2v) is 5.01. The summed E-state index contributed by atoms with van der Waals surface area (Å²) in [5.41, 5.74) is 2.62. The molecular weight excluding hydrogens is 276 g/mol. The van der Waals surface area contributed by atoms with Gasteiger partial charge in [-0.15, -0.1) is 0 Å². The fraction of sp³-hybridized carbons (Fsp3) is 0. The average molecular weight is 286 g/mol. The maximum atomic E-state index is 10.2. The number of aromatic hydroxyl groups is 1. The summed E-state index contributed by atoms with van der Waals surface area (Å²) >= 11 is 0. The fourth-order valence-electron chi connectivity index (χ4n) is 2.61. The standard InChI is InChI=1S/C17H10N4O/c1-18-14-4-2-3-12-13(17(22)20-16(12)14)7-10-5-6-11-9-19-21-15(11)8-10/h2-9,20,22H. The van der Waals surface area contributed by atoms with Gasteiger partial charge in [-0.1, -0.05) is 30.3 Å². The predicted molar refractivity (Wildman–Crippen MR) is 84.5 cm³/mol. The summed E-state index contributed by atoms with van der Waals surface area (Å²) in [4.78, 5) is 6.35. The minimum Gasteiger partial charge on any atom is -0.494 e. The molecule has 0 fully saturated rings. The number of hydrogen-bond acceptors (Lipinski definition) is 3. The minimum atomic E-state index is 0.0554. The number of aromatic amines is 1. The highest BCUT2D eigenvalue weighted by atomic mass is 16.3. The molecule has 22 heavy (non-hydrogen) atoms. The van der Waals surface area contributed by atoms with Gasteiger partial charge in [-0.05, 0) is 22.7 Å². The molecule has 2 aromatic carbocycles. The van der Waals surface area contributed by atoms with Crippen LogP contribution in [-0.2, 0) is 0 Å². The van der Waals surface area contributed by atoms with Crippen LogP contribution in [0, 0.1) is 6.57 Å². The largest absolute Gasteiger partial charge is 0.494 e. The molecule has 1 aliphatic heterocycles. The molecule has 4 rings (SSSR count). The zero-order valence-electron chi connectivity index (χ0n) is 11.4. The van der Waals surface area contributed by atoms with Crippen molar-refractivity contribution in [3.63, 3.8) is 0 Å². The van der Waals surface area contributed by atoms with E-state index in [0.29, 0.717) is 16.8 Å². The van der Waals surface area contributed by atoms with E-state index in [4.69, 9.17) is 6.57 Å². The summed E-state index contributed by atoms with van der Waals surface area (Å²) in [6.07, 6.45) is 3.58. The highest BCUT2D eigenvalue weighted by Gasteiger charge is 2.11. The van der Waals surface area contributed by atoms with E-state index < -0.39 is 0 Å². The van der Waals surface area contributed by atoms with E-state index in [0.717, 1.165) is 21.5 Å². The molecule has 104 valence electrons. The van der Waals surface area contributed by atoms with Gasteiger partial charge >= 0.3 is 0 Å². The molecule has 0 atom stereocenters. The Kier molecular flexibility index (Phi) is 2.57. The number of benzene rings is 2. The maximum Gasteiger partial charge on any atom is 0.210 e. The van der Waals surface area contributed by atoms with Crippen molar-refractivity contribution < 1.29 is 5.11 Å². The van der Waals surface area contributed by atoms with E-state index in [1.807, 2.05) is 36.4 Å². The van der Waals surface area contributed by atoms with Gasteiger partial charge in [0.1, 0.15) is 0 Å². The Labute approximate surface area is 125 Å². The number of azo groups is 1. The van der Waals surface area contributed by atoms with E-state index in [2.05, 4.69) is 20.1 Å². The summed E-state index contributed by atoms with van der Waals surface area (Å²) in [6.45, 7) is 7.20. The third kappa shape index (κ3) is 1.79. The lowest BCUT2D eigenvalue weighted by Crippen LogP contribution is -2.06. The molecule has 1 aromatic heterocycles. The van der Waals surface area contributed by atoms with Crippen LogP contribution >= 0.6 is 0 Å². The highest BCUT2D eigenvalue weighted by molar-refractivity contribution is 5.99. The van der Waals surface area contributed by atoms with Crippen molar-refractivity contribution in [2.45, 2.75) is 0 Å². The summed E-state index contributed by atoms with van der Waals surface area (Å²) in [7, 11) is 0. The van der Waals surface area contributed by atoms with E-state index in [1.165, 1.54) is 0 Å². The van der Waals surface area contributed by atoms with Gasteiger partial charge in [0.25, 0.3) is 0 Å². The van der Waals surface area contributed by atoms with Crippen molar-refractivity contribution in [3.05, 3.63) is 63.8 Å². The van der Waals surface area contributed by atoms with Crippen LogP contribution in [0.25, 0.3) is 28.0 Å². The van der Waals surface area contributed by atoms with Gasteiger partial charge in [0.15, 0.2) is 5.88 Å². The van der Waals surface area contributed by atoms with E-state index >= 15 is 0 Å². The van der Waals surface area contributed by atoms with Gasteiger partial charge in [0, 0.05) is 10.8 Å². The fourth-order valence-corrected chi connectivity index (χ4v) is 2.61. The van der Waals surface area contributed by atoms with Crippen LogP contribution in [0.5, 0.6) is 5.88 Å². The number of nitrogens with zero attached hydrogens (tertiary/aromatic N) is 3. The molecule has 5 heteroatoms. The first-order valence-electron chi connectivity index (χ1n) is 6.70. The van der Waals surface area contributed by atoms with Crippen LogP contribution in [0.4, 0.5) is 11.4 Å². The molecule has 0 amide bonds. The second kappa shape index (κ2) is 4.57. The third-order valence-corrected chi connectivity index (χ3v) is 3.68. The minimum absolute atomic E-state index is 0.0554. The molecule has 3 aromatic rings. The summed E-state index contributed by atoms with van der Waals surface area (Å²) in [5, 5.41) is 20.8. The summed E-state index contributed by atoms with van der Waals surface area (Å²) in [6, 6.07) is 11.2. The Balaban J connectivity index is 1.98. The molecule has 5 nitrogen and oxygen atoms in total. The van der Waals surface area contributed by atoms with Crippen molar-refractivity contribution in [2.24, 2.45) is 10.2 Å². The lowest BCUT2D eigenvalue weighted by Gasteiger charge is -1.95. The third-order valence-electron chi connectivity index (χ3n) is 3.68. The Morgan fingerprint density at radius 3 is 3.00 bits per heavy atom. The number of H-pyrrole nitrogens is 1. The summed E-state index contributed by atoms with van der Waals surface area (Å²) < 4.78 is 0. The number of hydrogen-bond donors (Lipinski definition) is 2. The van der Waals surface area contributed by atoms with Gasteiger partial charge in [0.05, 0.1) is 24.0 Å².